The molecule has 2 atom stereocenters. The van der Waals surface area contributed by atoms with Gasteiger partial charge in [-0.05, 0) is 24.6 Å². The maximum absolute atomic E-state index is 13.4. The molecule has 2 saturated heterocycles. The summed E-state index contributed by atoms with van der Waals surface area (Å²) in [6.07, 6.45) is 1.22. The van der Waals surface area contributed by atoms with Crippen LogP contribution < -0.4 is 4.90 Å². The molecule has 1 amide bonds. The van der Waals surface area contributed by atoms with Gasteiger partial charge in [0.15, 0.2) is 6.54 Å². The number of amides is 1. The number of carbonyl (C=O) groups excluding carboxylic acids is 1. The lowest BCUT2D eigenvalue weighted by molar-refractivity contribution is -0.904. The molecule has 3 rings (SSSR count). The second-order valence-corrected chi connectivity index (χ2v) is 9.96. The number of nitrogens with zero attached hydrogens (tertiary/aromatic N) is 2. The van der Waals surface area contributed by atoms with Crippen LogP contribution in [0.1, 0.15) is 20.3 Å². The largest absolute Gasteiger partial charge is 0.335 e. The molecule has 0 spiro atoms. The lowest BCUT2D eigenvalue weighted by Crippen LogP contribution is -3.15. The Balaban J connectivity index is 1.56. The van der Waals surface area contributed by atoms with Crippen molar-refractivity contribution >= 4 is 15.9 Å². The number of benzene rings is 1. The minimum Gasteiger partial charge on any atom is -0.335 e. The SMILES string of the molecule is C[C@@H]1C[C@@H](C)C[NH+](CC(=O)N2CCN(S(=O)(=O)c3cccc(F)c3)CC2)C1. The van der Waals surface area contributed by atoms with E-state index in [9.17, 15) is 17.6 Å². The number of hydrogen-bond donors (Lipinski definition) is 1. The molecule has 27 heavy (non-hydrogen) atoms. The Morgan fingerprint density at radius 2 is 1.78 bits per heavy atom. The highest BCUT2D eigenvalue weighted by molar-refractivity contribution is 7.89. The van der Waals surface area contributed by atoms with Crippen LogP contribution in [0.25, 0.3) is 0 Å². The number of nitrogens with one attached hydrogen (secondary N) is 1. The first-order valence-electron chi connectivity index (χ1n) is 9.62. The lowest BCUT2D eigenvalue weighted by Gasteiger charge is -2.36. The van der Waals surface area contributed by atoms with Gasteiger partial charge < -0.3 is 9.80 Å². The quantitative estimate of drug-likeness (QED) is 0.789. The van der Waals surface area contributed by atoms with Gasteiger partial charge in [-0.2, -0.15) is 4.31 Å². The number of quaternary nitrogens is 1. The average molecular weight is 399 g/mol. The molecule has 0 unspecified atom stereocenters. The van der Waals surface area contributed by atoms with Gasteiger partial charge in [0.05, 0.1) is 18.0 Å². The Morgan fingerprint density at radius 3 is 2.37 bits per heavy atom. The maximum atomic E-state index is 13.4. The van der Waals surface area contributed by atoms with Crippen LogP contribution in [0.2, 0.25) is 0 Å². The van der Waals surface area contributed by atoms with Gasteiger partial charge in [0, 0.05) is 38.0 Å². The van der Waals surface area contributed by atoms with Crippen molar-refractivity contribution in [1.29, 1.82) is 0 Å². The Hall–Kier alpha value is -1.51. The van der Waals surface area contributed by atoms with Crippen molar-refractivity contribution in [2.24, 2.45) is 11.8 Å². The summed E-state index contributed by atoms with van der Waals surface area (Å²) in [4.78, 5) is 15.7. The molecule has 8 heteroatoms. The summed E-state index contributed by atoms with van der Waals surface area (Å²) in [5.41, 5.74) is 0. The maximum Gasteiger partial charge on any atom is 0.277 e. The second-order valence-electron chi connectivity index (χ2n) is 8.02. The highest BCUT2D eigenvalue weighted by atomic mass is 32.2. The third kappa shape index (κ3) is 4.86. The summed E-state index contributed by atoms with van der Waals surface area (Å²) in [6.45, 7) is 8.22. The highest BCUT2D eigenvalue weighted by Crippen LogP contribution is 2.18. The summed E-state index contributed by atoms with van der Waals surface area (Å²) in [6, 6.07) is 5.05. The van der Waals surface area contributed by atoms with Crippen LogP contribution in [0.5, 0.6) is 0 Å². The van der Waals surface area contributed by atoms with Crippen LogP contribution in [0.3, 0.4) is 0 Å². The van der Waals surface area contributed by atoms with Crippen LogP contribution in [0.15, 0.2) is 29.2 Å². The van der Waals surface area contributed by atoms with E-state index in [1.54, 1.807) is 4.90 Å². The first-order valence-corrected chi connectivity index (χ1v) is 11.1. The molecule has 1 N–H and O–H groups in total. The number of halogens is 1. The Kier molecular flexibility index (Phi) is 6.18. The van der Waals surface area contributed by atoms with Crippen molar-refractivity contribution in [1.82, 2.24) is 9.21 Å². The number of carbonyl (C=O) groups is 1. The van der Waals surface area contributed by atoms with Crippen LogP contribution in [0, 0.1) is 17.7 Å². The number of rotatable bonds is 4. The van der Waals surface area contributed by atoms with E-state index in [0.29, 0.717) is 31.5 Å². The summed E-state index contributed by atoms with van der Waals surface area (Å²) in [5.74, 6) is 0.779. The zero-order valence-corrected chi connectivity index (χ0v) is 16.8. The standard InChI is InChI=1S/C19H28FN3O3S/c1-15-10-16(2)13-21(12-15)14-19(24)22-6-8-23(9-7-22)27(25,26)18-5-3-4-17(20)11-18/h3-5,11,15-16H,6-10,12-14H2,1-2H3/p+1/t15-,16-/m1/s1. The van der Waals surface area contributed by atoms with E-state index in [1.807, 2.05) is 0 Å². The van der Waals surface area contributed by atoms with Gasteiger partial charge in [0.25, 0.3) is 5.91 Å². The lowest BCUT2D eigenvalue weighted by atomic mass is 9.92. The molecule has 2 heterocycles. The van der Waals surface area contributed by atoms with Gasteiger partial charge in [-0.25, -0.2) is 12.8 Å². The first-order chi connectivity index (χ1) is 12.8. The highest BCUT2D eigenvalue weighted by Gasteiger charge is 2.33. The van der Waals surface area contributed by atoms with Crippen molar-refractivity contribution in [3.8, 4) is 0 Å². The van der Waals surface area contributed by atoms with Crippen molar-refractivity contribution in [3.05, 3.63) is 30.1 Å². The predicted octanol–water partition coefficient (Wildman–Crippen LogP) is 0.219. The molecule has 2 aliphatic rings. The number of piperazine rings is 1. The monoisotopic (exact) mass is 398 g/mol. The van der Waals surface area contributed by atoms with E-state index in [2.05, 4.69) is 13.8 Å². The predicted molar refractivity (Wildman–Crippen MR) is 100 cm³/mol. The zero-order valence-electron chi connectivity index (χ0n) is 16.0. The van der Waals surface area contributed by atoms with E-state index in [1.165, 1.54) is 33.8 Å². The van der Waals surface area contributed by atoms with E-state index in [4.69, 9.17) is 0 Å². The van der Waals surface area contributed by atoms with E-state index in [-0.39, 0.29) is 23.9 Å². The molecule has 1 aromatic carbocycles. The third-order valence-electron chi connectivity index (χ3n) is 5.51. The molecule has 6 nitrogen and oxygen atoms in total. The molecule has 0 saturated carbocycles. The molecule has 2 fully saturated rings. The Bertz CT molecular complexity index is 768. The van der Waals surface area contributed by atoms with Gasteiger partial charge in [-0.3, -0.25) is 4.79 Å². The van der Waals surface area contributed by atoms with Gasteiger partial charge in [0.1, 0.15) is 5.82 Å². The number of hydrogen-bond acceptors (Lipinski definition) is 3. The van der Waals surface area contributed by atoms with E-state index in [0.717, 1.165) is 19.2 Å². The third-order valence-corrected chi connectivity index (χ3v) is 7.40. The fourth-order valence-electron chi connectivity index (χ4n) is 4.35. The molecule has 0 aliphatic carbocycles. The van der Waals surface area contributed by atoms with Crippen molar-refractivity contribution in [2.45, 2.75) is 25.2 Å². The molecule has 1 aromatic rings. The van der Waals surface area contributed by atoms with Gasteiger partial charge in [-0.15, -0.1) is 0 Å². The van der Waals surface area contributed by atoms with Crippen LogP contribution in [-0.2, 0) is 14.8 Å². The fraction of sp³-hybridized carbons (Fsp3) is 0.632. The first kappa shape index (κ1) is 20.2. The van der Waals surface area contributed by atoms with Gasteiger partial charge >= 0.3 is 0 Å². The fourth-order valence-corrected chi connectivity index (χ4v) is 5.80. The smallest absolute Gasteiger partial charge is 0.277 e. The van der Waals surface area contributed by atoms with Crippen LogP contribution >= 0.6 is 0 Å². The van der Waals surface area contributed by atoms with E-state index < -0.39 is 15.8 Å². The van der Waals surface area contributed by atoms with Gasteiger partial charge in [0.2, 0.25) is 10.0 Å². The van der Waals surface area contributed by atoms with Crippen molar-refractivity contribution in [2.75, 3.05) is 45.8 Å². The average Bonchev–Trinajstić information content (AvgIpc) is 2.61. The zero-order chi connectivity index (χ0) is 19.6. The topological polar surface area (TPSA) is 62.1 Å². The molecule has 2 aliphatic heterocycles. The Morgan fingerprint density at radius 1 is 1.15 bits per heavy atom. The minimum atomic E-state index is -3.73. The second kappa shape index (κ2) is 8.24. The summed E-state index contributed by atoms with van der Waals surface area (Å²) in [7, 11) is -3.73. The molecule has 0 aromatic heterocycles. The Labute approximate surface area is 161 Å². The summed E-state index contributed by atoms with van der Waals surface area (Å²) < 4.78 is 40.0. The summed E-state index contributed by atoms with van der Waals surface area (Å²) >= 11 is 0. The van der Waals surface area contributed by atoms with E-state index >= 15 is 0 Å². The summed E-state index contributed by atoms with van der Waals surface area (Å²) in [5, 5.41) is 0. The molecule has 150 valence electrons. The van der Waals surface area contributed by atoms with Crippen LogP contribution in [-0.4, -0.2) is 69.3 Å². The molecular formula is C19H29FN3O3S+. The molecular weight excluding hydrogens is 369 g/mol. The molecule has 0 bridgehead atoms. The number of piperidine rings is 1. The molecule has 0 radical (unpaired) electrons. The number of likely N-dealkylation sites (tertiary alicyclic amines) is 1. The van der Waals surface area contributed by atoms with Crippen molar-refractivity contribution < 1.29 is 22.5 Å². The van der Waals surface area contributed by atoms with Crippen LogP contribution in [0.4, 0.5) is 4.39 Å². The van der Waals surface area contributed by atoms with Gasteiger partial charge in [-0.1, -0.05) is 19.9 Å². The van der Waals surface area contributed by atoms with Crippen molar-refractivity contribution in [3.63, 3.8) is 0 Å². The number of sulfonamides is 1. The normalized spacial score (nSPS) is 27.5. The minimum absolute atomic E-state index is 0.0389.